The van der Waals surface area contributed by atoms with Crippen molar-refractivity contribution in [1.29, 1.82) is 0 Å². The number of rotatable bonds is 2. The molecule has 2 fully saturated rings. The van der Waals surface area contributed by atoms with Crippen molar-refractivity contribution in [3.05, 3.63) is 0 Å². The summed E-state index contributed by atoms with van der Waals surface area (Å²) in [5.74, 6) is -0.505. The van der Waals surface area contributed by atoms with Crippen LogP contribution in [0.15, 0.2) is 0 Å². The van der Waals surface area contributed by atoms with Crippen LogP contribution in [0, 0.1) is 5.92 Å². The largest absolute Gasteiger partial charge is 0.480 e. The predicted molar refractivity (Wildman–Crippen MR) is 75.6 cm³/mol. The summed E-state index contributed by atoms with van der Waals surface area (Å²) >= 11 is 0. The van der Waals surface area contributed by atoms with E-state index in [9.17, 15) is 14.7 Å². The van der Waals surface area contributed by atoms with Crippen LogP contribution in [-0.2, 0) is 4.79 Å². The molecule has 114 valence electrons. The Morgan fingerprint density at radius 3 is 2.35 bits per heavy atom. The van der Waals surface area contributed by atoms with Gasteiger partial charge in [-0.3, -0.25) is 0 Å². The van der Waals surface area contributed by atoms with E-state index in [1.165, 1.54) is 0 Å². The maximum Gasteiger partial charge on any atom is 0.326 e. The van der Waals surface area contributed by atoms with Gasteiger partial charge in [-0.2, -0.15) is 0 Å². The molecule has 2 unspecified atom stereocenters. The number of piperazine rings is 1. The minimum Gasteiger partial charge on any atom is -0.480 e. The molecule has 2 heterocycles. The summed E-state index contributed by atoms with van der Waals surface area (Å²) in [6.45, 7) is 8.89. The van der Waals surface area contributed by atoms with Gasteiger partial charge in [-0.1, -0.05) is 13.8 Å². The van der Waals surface area contributed by atoms with Crippen molar-refractivity contribution in [2.75, 3.05) is 39.3 Å². The monoisotopic (exact) mass is 283 g/mol. The Bertz CT molecular complexity index is 367. The highest BCUT2D eigenvalue weighted by Gasteiger charge is 2.37. The van der Waals surface area contributed by atoms with Crippen molar-refractivity contribution in [1.82, 2.24) is 14.7 Å². The lowest BCUT2D eigenvalue weighted by molar-refractivity contribution is -0.144. The van der Waals surface area contributed by atoms with Gasteiger partial charge in [0.15, 0.2) is 0 Å². The van der Waals surface area contributed by atoms with Gasteiger partial charge in [-0.05, 0) is 25.3 Å². The van der Waals surface area contributed by atoms with Crippen molar-refractivity contribution in [2.45, 2.75) is 32.7 Å². The number of amides is 2. The topological polar surface area (TPSA) is 64.1 Å². The lowest BCUT2D eigenvalue weighted by Crippen LogP contribution is -2.58. The number of aliphatic carboxylic acids is 1. The Labute approximate surface area is 120 Å². The van der Waals surface area contributed by atoms with E-state index in [4.69, 9.17) is 0 Å². The lowest BCUT2D eigenvalue weighted by Gasteiger charge is -2.41. The van der Waals surface area contributed by atoms with Gasteiger partial charge in [0, 0.05) is 32.7 Å². The molecule has 2 amide bonds. The molecule has 2 atom stereocenters. The quantitative estimate of drug-likeness (QED) is 0.819. The Balaban J connectivity index is 1.98. The Kier molecular flexibility index (Phi) is 4.86. The molecule has 2 rings (SSSR count). The molecule has 2 aliphatic heterocycles. The minimum absolute atomic E-state index is 0.0972. The molecule has 0 aromatic carbocycles. The van der Waals surface area contributed by atoms with E-state index in [0.717, 1.165) is 26.1 Å². The summed E-state index contributed by atoms with van der Waals surface area (Å²) in [4.78, 5) is 29.6. The molecule has 6 heteroatoms. The number of carbonyl (C=O) groups excluding carboxylic acids is 1. The third-order valence-corrected chi connectivity index (χ3v) is 4.49. The number of piperidine rings is 1. The number of nitrogens with zero attached hydrogens (tertiary/aromatic N) is 3. The molecule has 0 aliphatic carbocycles. The second-order valence-electron chi connectivity index (χ2n) is 5.88. The Hall–Kier alpha value is -1.30. The minimum atomic E-state index is -0.878. The number of hydrogen-bond donors (Lipinski definition) is 1. The Morgan fingerprint density at radius 1 is 1.15 bits per heavy atom. The number of likely N-dealkylation sites (N-methyl/N-ethyl adjacent to an activating group) is 1. The molecule has 20 heavy (non-hydrogen) atoms. The fraction of sp³-hybridized carbons (Fsp3) is 0.857. The van der Waals surface area contributed by atoms with Crippen LogP contribution in [-0.4, -0.2) is 77.1 Å². The summed E-state index contributed by atoms with van der Waals surface area (Å²) < 4.78 is 0. The van der Waals surface area contributed by atoms with Crippen LogP contribution < -0.4 is 0 Å². The first-order chi connectivity index (χ1) is 9.52. The van der Waals surface area contributed by atoms with E-state index < -0.39 is 12.0 Å². The molecular formula is C14H25N3O3. The van der Waals surface area contributed by atoms with Gasteiger partial charge in [0.25, 0.3) is 0 Å². The van der Waals surface area contributed by atoms with Crippen LogP contribution in [0.25, 0.3) is 0 Å². The van der Waals surface area contributed by atoms with E-state index in [1.807, 2.05) is 0 Å². The van der Waals surface area contributed by atoms with E-state index >= 15 is 0 Å². The van der Waals surface area contributed by atoms with Crippen molar-refractivity contribution in [2.24, 2.45) is 5.92 Å². The van der Waals surface area contributed by atoms with E-state index in [-0.39, 0.29) is 6.03 Å². The third-order valence-electron chi connectivity index (χ3n) is 4.49. The summed E-state index contributed by atoms with van der Waals surface area (Å²) in [5.41, 5.74) is 0. The molecule has 0 bridgehead atoms. The van der Waals surface area contributed by atoms with Crippen LogP contribution in [0.1, 0.15) is 26.7 Å². The van der Waals surface area contributed by atoms with Gasteiger partial charge in [0.1, 0.15) is 6.04 Å². The van der Waals surface area contributed by atoms with Crippen LogP contribution in [0.4, 0.5) is 4.79 Å². The summed E-state index contributed by atoms with van der Waals surface area (Å²) in [5, 5.41) is 9.33. The molecule has 6 nitrogen and oxygen atoms in total. The molecule has 0 aromatic heterocycles. The maximum atomic E-state index is 12.5. The summed E-state index contributed by atoms with van der Waals surface area (Å²) in [6.07, 6.45) is 1.46. The number of likely N-dealkylation sites (tertiary alicyclic amines) is 1. The predicted octanol–water partition coefficient (Wildman–Crippen LogP) is 0.929. The Morgan fingerprint density at radius 2 is 1.80 bits per heavy atom. The SMILES string of the molecule is CCN1CCN(C(=O)N2CCC(C)CC2C(=O)O)CC1. The molecule has 2 saturated heterocycles. The first-order valence-corrected chi connectivity index (χ1v) is 7.53. The van der Waals surface area contributed by atoms with Gasteiger partial charge in [-0.15, -0.1) is 0 Å². The molecule has 0 aromatic rings. The zero-order valence-electron chi connectivity index (χ0n) is 12.4. The van der Waals surface area contributed by atoms with Gasteiger partial charge in [-0.25, -0.2) is 9.59 Å². The number of carboxylic acids is 1. The number of urea groups is 1. The van der Waals surface area contributed by atoms with E-state index in [2.05, 4.69) is 18.7 Å². The zero-order valence-corrected chi connectivity index (χ0v) is 12.4. The smallest absolute Gasteiger partial charge is 0.326 e. The van der Waals surface area contributed by atoms with Crippen LogP contribution in [0.3, 0.4) is 0 Å². The summed E-state index contributed by atoms with van der Waals surface area (Å²) in [6, 6.07) is -0.754. The van der Waals surface area contributed by atoms with E-state index in [1.54, 1.807) is 9.80 Å². The first kappa shape index (κ1) is 15.1. The van der Waals surface area contributed by atoms with Crippen molar-refractivity contribution >= 4 is 12.0 Å². The molecule has 0 radical (unpaired) electrons. The molecule has 0 saturated carbocycles. The highest BCUT2D eigenvalue weighted by molar-refractivity contribution is 5.83. The fourth-order valence-corrected chi connectivity index (χ4v) is 3.04. The van der Waals surface area contributed by atoms with Crippen molar-refractivity contribution in [3.8, 4) is 0 Å². The summed E-state index contributed by atoms with van der Waals surface area (Å²) in [7, 11) is 0. The highest BCUT2D eigenvalue weighted by atomic mass is 16.4. The molecule has 0 spiro atoms. The average Bonchev–Trinajstić information content (AvgIpc) is 2.46. The van der Waals surface area contributed by atoms with Gasteiger partial charge >= 0.3 is 12.0 Å². The van der Waals surface area contributed by atoms with Crippen LogP contribution in [0.2, 0.25) is 0 Å². The maximum absolute atomic E-state index is 12.5. The zero-order chi connectivity index (χ0) is 14.7. The average molecular weight is 283 g/mol. The number of carbonyl (C=O) groups is 2. The lowest BCUT2D eigenvalue weighted by atomic mass is 9.92. The number of carboxylic acid groups (broad SMARTS) is 1. The first-order valence-electron chi connectivity index (χ1n) is 7.53. The second kappa shape index (κ2) is 6.43. The van der Waals surface area contributed by atoms with Gasteiger partial charge in [0.2, 0.25) is 0 Å². The highest BCUT2D eigenvalue weighted by Crippen LogP contribution is 2.24. The van der Waals surface area contributed by atoms with Crippen molar-refractivity contribution < 1.29 is 14.7 Å². The van der Waals surface area contributed by atoms with Crippen molar-refractivity contribution in [3.63, 3.8) is 0 Å². The fourth-order valence-electron chi connectivity index (χ4n) is 3.04. The molecule has 2 aliphatic rings. The van der Waals surface area contributed by atoms with Crippen LogP contribution >= 0.6 is 0 Å². The normalized spacial score (nSPS) is 28.5. The molecular weight excluding hydrogens is 258 g/mol. The molecule has 1 N–H and O–H groups in total. The third kappa shape index (κ3) is 3.23. The van der Waals surface area contributed by atoms with Crippen LogP contribution in [0.5, 0.6) is 0 Å². The standard InChI is InChI=1S/C14H25N3O3/c1-3-15-6-8-16(9-7-15)14(20)17-5-4-11(2)10-12(17)13(18)19/h11-12H,3-10H2,1-2H3,(H,18,19). The van der Waals surface area contributed by atoms with Gasteiger partial charge < -0.3 is 19.8 Å². The van der Waals surface area contributed by atoms with Gasteiger partial charge in [0.05, 0.1) is 0 Å². The number of hydrogen-bond acceptors (Lipinski definition) is 3. The van der Waals surface area contributed by atoms with E-state index in [0.29, 0.717) is 32.0 Å². The second-order valence-corrected chi connectivity index (χ2v) is 5.88.